The maximum absolute atomic E-state index is 11.9. The standard InChI is InChI=1S/C14H10F2O3/c15-14(16)19-12-4-2-11(3-5-12)13(17)6-1-10-7-8-18-9-10/h1-9,14H. The number of carbonyl (C=O) groups is 1. The third-order valence-corrected chi connectivity index (χ3v) is 2.33. The van der Waals surface area contributed by atoms with Crippen LogP contribution in [0.2, 0.25) is 0 Å². The second-order valence-corrected chi connectivity index (χ2v) is 3.66. The fourth-order valence-electron chi connectivity index (χ4n) is 1.44. The highest BCUT2D eigenvalue weighted by Crippen LogP contribution is 2.15. The van der Waals surface area contributed by atoms with Gasteiger partial charge in [-0.15, -0.1) is 0 Å². The summed E-state index contributed by atoms with van der Waals surface area (Å²) in [6.45, 7) is -2.87. The molecule has 0 fully saturated rings. The molecule has 0 aliphatic heterocycles. The average molecular weight is 264 g/mol. The van der Waals surface area contributed by atoms with E-state index in [2.05, 4.69) is 4.74 Å². The van der Waals surface area contributed by atoms with Crippen molar-refractivity contribution in [3.8, 4) is 5.75 Å². The van der Waals surface area contributed by atoms with Crippen LogP contribution in [0.1, 0.15) is 15.9 Å². The molecule has 0 saturated carbocycles. The lowest BCUT2D eigenvalue weighted by Crippen LogP contribution is -2.02. The van der Waals surface area contributed by atoms with Gasteiger partial charge in [0, 0.05) is 11.1 Å². The number of hydrogen-bond acceptors (Lipinski definition) is 3. The van der Waals surface area contributed by atoms with Crippen LogP contribution < -0.4 is 4.74 Å². The smallest absolute Gasteiger partial charge is 0.387 e. The van der Waals surface area contributed by atoms with Gasteiger partial charge in [-0.1, -0.05) is 0 Å². The summed E-state index contributed by atoms with van der Waals surface area (Å²) < 4.78 is 32.9. The summed E-state index contributed by atoms with van der Waals surface area (Å²) in [5, 5.41) is 0. The average Bonchev–Trinajstić information content (AvgIpc) is 2.89. The van der Waals surface area contributed by atoms with Crippen LogP contribution in [-0.2, 0) is 0 Å². The molecule has 0 atom stereocenters. The third-order valence-electron chi connectivity index (χ3n) is 2.33. The number of furan rings is 1. The second-order valence-electron chi connectivity index (χ2n) is 3.66. The van der Waals surface area contributed by atoms with Gasteiger partial charge in [-0.25, -0.2) is 0 Å². The molecule has 0 amide bonds. The van der Waals surface area contributed by atoms with E-state index >= 15 is 0 Å². The van der Waals surface area contributed by atoms with Crippen LogP contribution in [0.15, 0.2) is 53.4 Å². The summed E-state index contributed by atoms with van der Waals surface area (Å²) in [6.07, 6.45) is 5.99. The van der Waals surface area contributed by atoms with Crippen LogP contribution in [0.4, 0.5) is 8.78 Å². The van der Waals surface area contributed by atoms with Gasteiger partial charge in [-0.05, 0) is 42.5 Å². The molecule has 0 unspecified atom stereocenters. The molecule has 1 aromatic carbocycles. The quantitative estimate of drug-likeness (QED) is 0.609. The Morgan fingerprint density at radius 3 is 2.53 bits per heavy atom. The maximum Gasteiger partial charge on any atom is 0.387 e. The number of alkyl halides is 2. The van der Waals surface area contributed by atoms with Crippen molar-refractivity contribution in [3.05, 3.63) is 60.1 Å². The molecular formula is C14H10F2O3. The van der Waals surface area contributed by atoms with Crippen LogP contribution in [0.25, 0.3) is 6.08 Å². The Hall–Kier alpha value is -2.43. The fraction of sp³-hybridized carbons (Fsp3) is 0.0714. The highest BCUT2D eigenvalue weighted by atomic mass is 19.3. The molecule has 0 N–H and O–H groups in total. The minimum atomic E-state index is -2.87. The van der Waals surface area contributed by atoms with Gasteiger partial charge < -0.3 is 9.15 Å². The number of allylic oxidation sites excluding steroid dienone is 1. The summed E-state index contributed by atoms with van der Waals surface area (Å²) in [4.78, 5) is 11.8. The van der Waals surface area contributed by atoms with Crippen molar-refractivity contribution in [2.24, 2.45) is 0 Å². The molecule has 0 bridgehead atoms. The summed E-state index contributed by atoms with van der Waals surface area (Å²) in [7, 11) is 0. The first-order chi connectivity index (χ1) is 9.15. The number of halogens is 2. The minimum absolute atomic E-state index is 0.0189. The Morgan fingerprint density at radius 1 is 1.21 bits per heavy atom. The van der Waals surface area contributed by atoms with Gasteiger partial charge in [0.1, 0.15) is 5.75 Å². The second kappa shape index (κ2) is 5.95. The lowest BCUT2D eigenvalue weighted by Gasteiger charge is -2.04. The van der Waals surface area contributed by atoms with Gasteiger partial charge in [0.15, 0.2) is 5.78 Å². The molecule has 1 aromatic heterocycles. The van der Waals surface area contributed by atoms with Crippen LogP contribution in [0.3, 0.4) is 0 Å². The molecule has 98 valence electrons. The minimum Gasteiger partial charge on any atom is -0.472 e. The van der Waals surface area contributed by atoms with Gasteiger partial charge in [-0.3, -0.25) is 4.79 Å². The van der Waals surface area contributed by atoms with Crippen molar-refractivity contribution in [2.45, 2.75) is 6.61 Å². The van der Waals surface area contributed by atoms with Gasteiger partial charge in [0.2, 0.25) is 0 Å². The topological polar surface area (TPSA) is 39.4 Å². The molecule has 0 aliphatic rings. The molecule has 3 nitrogen and oxygen atoms in total. The van der Waals surface area contributed by atoms with Gasteiger partial charge in [0.05, 0.1) is 12.5 Å². The first-order valence-corrected chi connectivity index (χ1v) is 5.44. The summed E-state index contributed by atoms with van der Waals surface area (Å²) >= 11 is 0. The van der Waals surface area contributed by atoms with Crippen LogP contribution in [0.5, 0.6) is 5.75 Å². The molecule has 2 aromatic rings. The Balaban J connectivity index is 2.03. The van der Waals surface area contributed by atoms with E-state index in [4.69, 9.17) is 4.42 Å². The number of ketones is 1. The molecular weight excluding hydrogens is 254 g/mol. The molecule has 5 heteroatoms. The zero-order chi connectivity index (χ0) is 13.7. The number of ether oxygens (including phenoxy) is 1. The predicted octanol–water partition coefficient (Wildman–Crippen LogP) is 3.78. The Labute approximate surface area is 108 Å². The molecule has 0 spiro atoms. The molecule has 0 aliphatic carbocycles. The van der Waals surface area contributed by atoms with Crippen LogP contribution in [0, 0.1) is 0 Å². The molecule has 1 heterocycles. The monoisotopic (exact) mass is 264 g/mol. The Bertz CT molecular complexity index is 557. The third kappa shape index (κ3) is 3.77. The Morgan fingerprint density at radius 2 is 1.95 bits per heavy atom. The van der Waals surface area contributed by atoms with Crippen molar-refractivity contribution in [1.29, 1.82) is 0 Å². The first-order valence-electron chi connectivity index (χ1n) is 5.44. The fourth-order valence-corrected chi connectivity index (χ4v) is 1.44. The number of hydrogen-bond donors (Lipinski definition) is 0. The molecule has 0 radical (unpaired) electrons. The zero-order valence-electron chi connectivity index (χ0n) is 9.75. The first kappa shape index (κ1) is 13.0. The van der Waals surface area contributed by atoms with Crippen molar-refractivity contribution in [1.82, 2.24) is 0 Å². The van der Waals surface area contributed by atoms with E-state index in [0.717, 1.165) is 5.56 Å². The molecule has 19 heavy (non-hydrogen) atoms. The van der Waals surface area contributed by atoms with E-state index in [0.29, 0.717) is 5.56 Å². The van der Waals surface area contributed by atoms with Crippen LogP contribution >= 0.6 is 0 Å². The summed E-state index contributed by atoms with van der Waals surface area (Å²) in [5.74, 6) is -0.213. The highest BCUT2D eigenvalue weighted by molar-refractivity contribution is 6.06. The van der Waals surface area contributed by atoms with Gasteiger partial charge in [0.25, 0.3) is 0 Å². The number of carbonyl (C=O) groups excluding carboxylic acids is 1. The lowest BCUT2D eigenvalue weighted by atomic mass is 10.1. The van der Waals surface area contributed by atoms with Crippen molar-refractivity contribution >= 4 is 11.9 Å². The van der Waals surface area contributed by atoms with Crippen molar-refractivity contribution in [3.63, 3.8) is 0 Å². The normalized spacial score (nSPS) is 11.1. The highest BCUT2D eigenvalue weighted by Gasteiger charge is 2.06. The number of rotatable bonds is 5. The van der Waals surface area contributed by atoms with E-state index < -0.39 is 6.61 Å². The zero-order valence-corrected chi connectivity index (χ0v) is 9.75. The predicted molar refractivity (Wildman–Crippen MR) is 65.1 cm³/mol. The lowest BCUT2D eigenvalue weighted by molar-refractivity contribution is -0.0498. The van der Waals surface area contributed by atoms with Crippen molar-refractivity contribution in [2.75, 3.05) is 0 Å². The van der Waals surface area contributed by atoms with E-state index in [1.807, 2.05) is 0 Å². The number of benzene rings is 1. The molecule has 2 rings (SSSR count). The van der Waals surface area contributed by atoms with E-state index in [1.165, 1.54) is 42.9 Å². The van der Waals surface area contributed by atoms with E-state index in [-0.39, 0.29) is 11.5 Å². The van der Waals surface area contributed by atoms with E-state index in [1.54, 1.807) is 12.1 Å². The van der Waals surface area contributed by atoms with Gasteiger partial charge >= 0.3 is 6.61 Å². The van der Waals surface area contributed by atoms with Crippen molar-refractivity contribution < 1.29 is 22.7 Å². The van der Waals surface area contributed by atoms with Crippen LogP contribution in [-0.4, -0.2) is 12.4 Å². The maximum atomic E-state index is 11.9. The van der Waals surface area contributed by atoms with Gasteiger partial charge in [-0.2, -0.15) is 8.78 Å². The molecule has 0 saturated heterocycles. The summed E-state index contributed by atoms with van der Waals surface area (Å²) in [6, 6.07) is 7.22. The summed E-state index contributed by atoms with van der Waals surface area (Å²) in [5.41, 5.74) is 1.16. The SMILES string of the molecule is O=C(C=Cc1ccoc1)c1ccc(OC(F)F)cc1. The Kier molecular flexibility index (Phi) is 4.07. The largest absolute Gasteiger partial charge is 0.472 e. The van der Waals surface area contributed by atoms with E-state index in [9.17, 15) is 13.6 Å².